The molecule has 1 aliphatic carbocycles. The molecule has 10 heteroatoms. The van der Waals surface area contributed by atoms with Crippen molar-refractivity contribution >= 4 is 27.5 Å². The molecule has 2 aliphatic rings. The SMILES string of the molecule is COc1ccccc1-c1cn2c(n1)CN(C(=O)Cc1cncn1CC1=CC(OC)C(C#N)C=C1)c1cc(Br)ccc1C2. The number of para-hydroxylation sites is 1. The third-order valence-corrected chi connectivity index (χ3v) is 8.17. The summed E-state index contributed by atoms with van der Waals surface area (Å²) in [5.41, 5.74) is 5.38. The summed E-state index contributed by atoms with van der Waals surface area (Å²) in [6, 6.07) is 16.1. The molecule has 3 heterocycles. The van der Waals surface area contributed by atoms with E-state index in [1.54, 1.807) is 26.7 Å². The predicted molar refractivity (Wildman–Crippen MR) is 162 cm³/mol. The lowest BCUT2D eigenvalue weighted by atomic mass is 9.95. The molecule has 0 saturated heterocycles. The molecule has 2 unspecified atom stereocenters. The first-order valence-electron chi connectivity index (χ1n) is 13.6. The Labute approximate surface area is 252 Å². The van der Waals surface area contributed by atoms with E-state index < -0.39 is 0 Å². The zero-order valence-corrected chi connectivity index (χ0v) is 24.9. The second-order valence-corrected chi connectivity index (χ2v) is 11.2. The molecule has 0 fully saturated rings. The number of methoxy groups -OCH3 is 2. The molecule has 0 N–H and O–H groups in total. The molecule has 9 nitrogen and oxygen atoms in total. The van der Waals surface area contributed by atoms with Gasteiger partial charge in [0.15, 0.2) is 0 Å². The number of hydrogen-bond donors (Lipinski definition) is 0. The Kier molecular flexibility index (Phi) is 7.78. The number of carbonyl (C=O) groups is 1. The van der Waals surface area contributed by atoms with Crippen molar-refractivity contribution in [3.05, 3.63) is 107 Å². The molecule has 1 aliphatic heterocycles. The third kappa shape index (κ3) is 5.41. The first-order chi connectivity index (χ1) is 20.5. The number of amides is 1. The molecule has 212 valence electrons. The van der Waals surface area contributed by atoms with Gasteiger partial charge in [0.2, 0.25) is 5.91 Å². The fraction of sp³-hybridized carbons (Fsp3) is 0.250. The minimum absolute atomic E-state index is 0.0566. The van der Waals surface area contributed by atoms with Gasteiger partial charge in [-0.15, -0.1) is 0 Å². The summed E-state index contributed by atoms with van der Waals surface area (Å²) in [4.78, 5) is 25.1. The molecule has 42 heavy (non-hydrogen) atoms. The molecule has 6 rings (SSSR count). The number of anilines is 1. The second-order valence-electron chi connectivity index (χ2n) is 10.3. The first-order valence-corrected chi connectivity index (χ1v) is 14.3. The van der Waals surface area contributed by atoms with Crippen LogP contribution in [0.4, 0.5) is 5.69 Å². The van der Waals surface area contributed by atoms with Gasteiger partial charge in [0, 0.05) is 41.8 Å². The smallest absolute Gasteiger partial charge is 0.233 e. The van der Waals surface area contributed by atoms with Crippen molar-refractivity contribution in [1.82, 2.24) is 19.1 Å². The van der Waals surface area contributed by atoms with Gasteiger partial charge in [0.05, 0.1) is 62.4 Å². The van der Waals surface area contributed by atoms with Crippen molar-refractivity contribution in [3.63, 3.8) is 0 Å². The Morgan fingerprint density at radius 1 is 1.19 bits per heavy atom. The highest BCUT2D eigenvalue weighted by atomic mass is 79.9. The average molecular weight is 626 g/mol. The number of benzene rings is 2. The van der Waals surface area contributed by atoms with Crippen LogP contribution in [0, 0.1) is 17.2 Å². The number of imidazole rings is 2. The number of fused-ring (bicyclic) bond motifs is 2. The number of carbonyl (C=O) groups excluding carboxylic acids is 1. The van der Waals surface area contributed by atoms with Crippen LogP contribution in [-0.2, 0) is 35.6 Å². The van der Waals surface area contributed by atoms with Gasteiger partial charge in [0.25, 0.3) is 0 Å². The maximum Gasteiger partial charge on any atom is 0.233 e. The normalized spacial score (nSPS) is 17.6. The second kappa shape index (κ2) is 11.8. The fourth-order valence-electron chi connectivity index (χ4n) is 5.49. The van der Waals surface area contributed by atoms with Crippen LogP contribution in [0.3, 0.4) is 0 Å². The zero-order chi connectivity index (χ0) is 29.2. The number of halogens is 1. The molecular weight excluding hydrogens is 596 g/mol. The van der Waals surface area contributed by atoms with Crippen LogP contribution in [-0.4, -0.2) is 45.3 Å². The Morgan fingerprint density at radius 3 is 2.86 bits per heavy atom. The highest BCUT2D eigenvalue weighted by Gasteiger charge is 2.28. The first kappa shape index (κ1) is 27.7. The van der Waals surface area contributed by atoms with Crippen LogP contribution in [0.5, 0.6) is 5.75 Å². The summed E-state index contributed by atoms with van der Waals surface area (Å²) >= 11 is 3.59. The molecule has 4 aromatic rings. The van der Waals surface area contributed by atoms with E-state index in [0.717, 1.165) is 49.8 Å². The molecule has 0 spiro atoms. The lowest BCUT2D eigenvalue weighted by Crippen LogP contribution is -2.33. The Hall–Kier alpha value is -4.46. The maximum atomic E-state index is 14.0. The van der Waals surface area contributed by atoms with Crippen molar-refractivity contribution in [2.75, 3.05) is 19.1 Å². The van der Waals surface area contributed by atoms with Gasteiger partial charge in [0.1, 0.15) is 11.6 Å². The molecule has 0 bridgehead atoms. The van der Waals surface area contributed by atoms with Crippen molar-refractivity contribution < 1.29 is 14.3 Å². The molecule has 0 radical (unpaired) electrons. The molecular formula is C32H29BrN6O3. The summed E-state index contributed by atoms with van der Waals surface area (Å²) < 4.78 is 16.0. The van der Waals surface area contributed by atoms with Crippen LogP contribution in [0.2, 0.25) is 0 Å². The van der Waals surface area contributed by atoms with Crippen molar-refractivity contribution in [1.29, 1.82) is 5.26 Å². The average Bonchev–Trinajstić information content (AvgIpc) is 3.58. The number of ether oxygens (including phenoxy) is 2. The molecule has 2 aromatic carbocycles. The lowest BCUT2D eigenvalue weighted by molar-refractivity contribution is -0.118. The van der Waals surface area contributed by atoms with Gasteiger partial charge in [-0.25, -0.2) is 9.97 Å². The number of nitriles is 1. The van der Waals surface area contributed by atoms with Gasteiger partial charge >= 0.3 is 0 Å². The predicted octanol–water partition coefficient (Wildman–Crippen LogP) is 5.31. The largest absolute Gasteiger partial charge is 0.496 e. The quantitative estimate of drug-likeness (QED) is 0.276. The summed E-state index contributed by atoms with van der Waals surface area (Å²) in [5.74, 6) is 1.17. The number of nitrogens with zero attached hydrogens (tertiary/aromatic N) is 6. The van der Waals surface area contributed by atoms with Crippen molar-refractivity contribution in [3.8, 4) is 23.1 Å². The maximum absolute atomic E-state index is 14.0. The van der Waals surface area contributed by atoms with Gasteiger partial charge in [-0.1, -0.05) is 46.3 Å². The van der Waals surface area contributed by atoms with Crippen LogP contribution in [0.25, 0.3) is 11.3 Å². The van der Waals surface area contributed by atoms with E-state index in [4.69, 9.17) is 14.5 Å². The Morgan fingerprint density at radius 2 is 2.05 bits per heavy atom. The van der Waals surface area contributed by atoms with Crippen LogP contribution in [0.1, 0.15) is 17.1 Å². The minimum Gasteiger partial charge on any atom is -0.496 e. The molecule has 2 atom stereocenters. The highest BCUT2D eigenvalue weighted by Crippen LogP contribution is 2.34. The van der Waals surface area contributed by atoms with E-state index in [9.17, 15) is 10.1 Å². The van der Waals surface area contributed by atoms with Crippen LogP contribution >= 0.6 is 15.9 Å². The van der Waals surface area contributed by atoms with Crippen LogP contribution in [0.15, 0.2) is 89.5 Å². The van der Waals surface area contributed by atoms with Gasteiger partial charge in [-0.3, -0.25) is 4.79 Å². The number of hydrogen-bond acceptors (Lipinski definition) is 6. The standard InChI is InChI=1S/C32H29BrN6O3/c1-41-29-6-4-3-5-26(29)27-18-37-17-23-9-10-24(33)12-28(23)39(19-31(37)36-27)32(40)13-25-15-35-20-38(25)16-21-7-8-22(14-34)30(11-21)42-2/h3-12,15,18,20,22,30H,13,16-17,19H2,1-2H3. The number of aromatic nitrogens is 4. The summed E-state index contributed by atoms with van der Waals surface area (Å²) in [6.45, 7) is 1.43. The fourth-order valence-corrected chi connectivity index (χ4v) is 5.84. The number of allylic oxidation sites excluding steroid dienone is 2. The monoisotopic (exact) mass is 624 g/mol. The molecule has 2 aromatic heterocycles. The van der Waals surface area contributed by atoms with Crippen LogP contribution < -0.4 is 9.64 Å². The van der Waals surface area contributed by atoms with Gasteiger partial charge in [-0.05, 0) is 41.5 Å². The lowest BCUT2D eigenvalue weighted by Gasteiger charge is -2.23. The van der Waals surface area contributed by atoms with E-state index in [1.165, 1.54) is 0 Å². The summed E-state index contributed by atoms with van der Waals surface area (Å²) in [6.07, 6.45) is 11.1. The van der Waals surface area contributed by atoms with E-state index in [0.29, 0.717) is 19.6 Å². The molecule has 0 saturated carbocycles. The van der Waals surface area contributed by atoms with E-state index in [2.05, 4.69) is 31.6 Å². The summed E-state index contributed by atoms with van der Waals surface area (Å²) in [5, 5.41) is 9.37. The Bertz CT molecular complexity index is 1750. The summed E-state index contributed by atoms with van der Waals surface area (Å²) in [7, 11) is 3.25. The van der Waals surface area contributed by atoms with E-state index in [-0.39, 0.29) is 24.3 Å². The van der Waals surface area contributed by atoms with Gasteiger partial charge in [-0.2, -0.15) is 5.26 Å². The zero-order valence-electron chi connectivity index (χ0n) is 23.3. The third-order valence-electron chi connectivity index (χ3n) is 7.68. The molecule has 1 amide bonds. The number of rotatable bonds is 7. The van der Waals surface area contributed by atoms with Crippen molar-refractivity contribution in [2.45, 2.75) is 32.2 Å². The van der Waals surface area contributed by atoms with Gasteiger partial charge < -0.3 is 23.5 Å². The highest BCUT2D eigenvalue weighted by molar-refractivity contribution is 9.10. The van der Waals surface area contributed by atoms with E-state index >= 15 is 0 Å². The van der Waals surface area contributed by atoms with E-state index in [1.807, 2.05) is 76.4 Å². The van der Waals surface area contributed by atoms with Crippen molar-refractivity contribution in [2.24, 2.45) is 5.92 Å². The Balaban J connectivity index is 1.29. The topological polar surface area (TPSA) is 98.2 Å². The minimum atomic E-state index is -0.318.